The van der Waals surface area contributed by atoms with E-state index in [2.05, 4.69) is 47.2 Å². The smallest absolute Gasteiger partial charge is 0.0642 e. The van der Waals surface area contributed by atoms with E-state index in [9.17, 15) is 0 Å². The van der Waals surface area contributed by atoms with Crippen LogP contribution in [0.3, 0.4) is 0 Å². The fourth-order valence-corrected chi connectivity index (χ4v) is 3.13. The van der Waals surface area contributed by atoms with E-state index in [0.717, 1.165) is 15.7 Å². The van der Waals surface area contributed by atoms with Gasteiger partial charge in [-0.2, -0.15) is 0 Å². The number of halogens is 3. The first-order chi connectivity index (χ1) is 8.99. The second-order valence-corrected chi connectivity index (χ2v) is 6.18. The lowest BCUT2D eigenvalue weighted by Gasteiger charge is -2.14. The van der Waals surface area contributed by atoms with Gasteiger partial charge in [-0.15, -0.1) is 0 Å². The molecule has 0 aliphatic carbocycles. The lowest BCUT2D eigenvalue weighted by Crippen LogP contribution is -2.03. The fraction of sp³-hybridized carbons (Fsp3) is 0.200. The van der Waals surface area contributed by atoms with E-state index >= 15 is 0 Å². The highest BCUT2D eigenvalue weighted by molar-refractivity contribution is 9.10. The molecule has 0 saturated carbocycles. The van der Waals surface area contributed by atoms with Crippen molar-refractivity contribution in [2.45, 2.75) is 20.4 Å². The number of hydrogen-bond donors (Lipinski definition) is 1. The summed E-state index contributed by atoms with van der Waals surface area (Å²) in [5, 5.41) is 4.63. The Labute approximate surface area is 132 Å². The van der Waals surface area contributed by atoms with E-state index in [-0.39, 0.29) is 0 Å². The van der Waals surface area contributed by atoms with Gasteiger partial charge in [-0.3, -0.25) is 0 Å². The van der Waals surface area contributed by atoms with Crippen LogP contribution < -0.4 is 5.32 Å². The van der Waals surface area contributed by atoms with E-state index in [4.69, 9.17) is 23.2 Å². The molecule has 0 atom stereocenters. The summed E-state index contributed by atoms with van der Waals surface area (Å²) in [5.74, 6) is 0. The molecule has 0 spiro atoms. The minimum atomic E-state index is 0.588. The van der Waals surface area contributed by atoms with Crippen molar-refractivity contribution in [3.8, 4) is 0 Å². The Kier molecular flexibility index (Phi) is 4.77. The van der Waals surface area contributed by atoms with Gasteiger partial charge in [-0.05, 0) is 48.7 Å². The van der Waals surface area contributed by atoms with Gasteiger partial charge in [0.1, 0.15) is 0 Å². The zero-order valence-electron chi connectivity index (χ0n) is 10.7. The van der Waals surface area contributed by atoms with Crippen LogP contribution in [0.2, 0.25) is 10.0 Å². The summed E-state index contributed by atoms with van der Waals surface area (Å²) in [6.07, 6.45) is 0. The van der Waals surface area contributed by atoms with Crippen LogP contribution in [0.5, 0.6) is 0 Å². The van der Waals surface area contributed by atoms with Crippen molar-refractivity contribution in [2.24, 2.45) is 0 Å². The monoisotopic (exact) mass is 357 g/mol. The maximum Gasteiger partial charge on any atom is 0.0642 e. The molecule has 0 bridgehead atoms. The third-order valence-electron chi connectivity index (χ3n) is 2.98. The molecule has 4 heteroatoms. The Bertz CT molecular complexity index is 588. The van der Waals surface area contributed by atoms with Crippen LogP contribution in [0.15, 0.2) is 34.8 Å². The lowest BCUT2D eigenvalue weighted by atomic mass is 10.1. The molecular weight excluding hydrogens is 345 g/mol. The van der Waals surface area contributed by atoms with Gasteiger partial charge in [0.25, 0.3) is 0 Å². The number of nitrogens with one attached hydrogen (secondary N) is 1. The zero-order chi connectivity index (χ0) is 14.0. The number of rotatable bonds is 3. The summed E-state index contributed by atoms with van der Waals surface area (Å²) in [6.45, 7) is 4.82. The molecule has 1 nitrogen and oxygen atoms in total. The number of aryl methyl sites for hydroxylation is 2. The Hall–Kier alpha value is -0.700. The van der Waals surface area contributed by atoms with E-state index < -0.39 is 0 Å². The van der Waals surface area contributed by atoms with E-state index in [1.54, 1.807) is 6.07 Å². The topological polar surface area (TPSA) is 12.0 Å². The highest BCUT2D eigenvalue weighted by Crippen LogP contribution is 2.28. The molecule has 2 rings (SSSR count). The van der Waals surface area contributed by atoms with Gasteiger partial charge >= 0.3 is 0 Å². The summed E-state index contributed by atoms with van der Waals surface area (Å²) < 4.78 is 1.09. The average molecular weight is 359 g/mol. The third-order valence-corrected chi connectivity index (χ3v) is 4.30. The maximum absolute atomic E-state index is 6.18. The van der Waals surface area contributed by atoms with Crippen LogP contribution in [-0.4, -0.2) is 0 Å². The summed E-state index contributed by atoms with van der Waals surface area (Å²) >= 11 is 15.7. The molecule has 0 fully saturated rings. The summed E-state index contributed by atoms with van der Waals surface area (Å²) in [6, 6.07) is 9.87. The second-order valence-electron chi connectivity index (χ2n) is 4.48. The zero-order valence-corrected chi connectivity index (χ0v) is 13.8. The minimum absolute atomic E-state index is 0.588. The van der Waals surface area contributed by atoms with Crippen molar-refractivity contribution < 1.29 is 0 Å². The summed E-state index contributed by atoms with van der Waals surface area (Å²) in [5.41, 5.74) is 4.53. The molecule has 0 amide bonds. The largest absolute Gasteiger partial charge is 0.380 e. The normalized spacial score (nSPS) is 10.6. The molecule has 2 aromatic carbocycles. The van der Waals surface area contributed by atoms with E-state index in [1.807, 2.05) is 12.1 Å². The summed E-state index contributed by atoms with van der Waals surface area (Å²) in [4.78, 5) is 0. The Morgan fingerprint density at radius 3 is 2.37 bits per heavy atom. The predicted octanol–water partition coefficient (Wildman–Crippen LogP) is 5.98. The van der Waals surface area contributed by atoms with Crippen molar-refractivity contribution in [2.75, 3.05) is 5.32 Å². The highest BCUT2D eigenvalue weighted by Gasteiger charge is 2.07. The van der Waals surface area contributed by atoms with Gasteiger partial charge in [0, 0.05) is 16.7 Å². The van der Waals surface area contributed by atoms with Crippen LogP contribution in [0.25, 0.3) is 0 Å². The number of hydrogen-bond acceptors (Lipinski definition) is 1. The Morgan fingerprint density at radius 1 is 1.11 bits per heavy atom. The van der Waals surface area contributed by atoms with Crippen molar-refractivity contribution in [3.63, 3.8) is 0 Å². The first-order valence-corrected chi connectivity index (χ1v) is 7.47. The third kappa shape index (κ3) is 3.44. The quantitative estimate of drug-likeness (QED) is 0.710. The van der Waals surface area contributed by atoms with Crippen LogP contribution in [0.1, 0.15) is 16.7 Å². The van der Waals surface area contributed by atoms with Crippen molar-refractivity contribution >= 4 is 44.8 Å². The molecule has 2 aromatic rings. The van der Waals surface area contributed by atoms with Gasteiger partial charge < -0.3 is 5.32 Å². The van der Waals surface area contributed by atoms with E-state index in [0.29, 0.717) is 16.6 Å². The van der Waals surface area contributed by atoms with E-state index in [1.165, 1.54) is 11.1 Å². The van der Waals surface area contributed by atoms with Gasteiger partial charge in [-0.25, -0.2) is 0 Å². The molecule has 0 aliphatic heterocycles. The van der Waals surface area contributed by atoms with Crippen LogP contribution in [-0.2, 0) is 6.54 Å². The SMILES string of the molecule is Cc1cc(Br)cc(C)c1NCc1cccc(Cl)c1Cl. The Balaban J connectivity index is 2.22. The fourth-order valence-electron chi connectivity index (χ4n) is 2.06. The maximum atomic E-state index is 6.18. The van der Waals surface area contributed by atoms with Gasteiger partial charge in [0.2, 0.25) is 0 Å². The molecule has 0 aromatic heterocycles. The second kappa shape index (κ2) is 6.17. The molecule has 0 unspecified atom stereocenters. The van der Waals surface area contributed by atoms with Gasteiger partial charge in [-0.1, -0.05) is 51.3 Å². The molecule has 19 heavy (non-hydrogen) atoms. The highest BCUT2D eigenvalue weighted by atomic mass is 79.9. The van der Waals surface area contributed by atoms with Crippen molar-refractivity contribution in [1.82, 2.24) is 0 Å². The number of benzene rings is 2. The first-order valence-electron chi connectivity index (χ1n) is 5.92. The lowest BCUT2D eigenvalue weighted by molar-refractivity contribution is 1.13. The average Bonchev–Trinajstić information content (AvgIpc) is 2.33. The van der Waals surface area contributed by atoms with Crippen LogP contribution in [0.4, 0.5) is 5.69 Å². The predicted molar refractivity (Wildman–Crippen MR) is 87.4 cm³/mol. The molecule has 0 heterocycles. The molecular formula is C15H14BrCl2N. The molecule has 0 saturated heterocycles. The molecule has 0 aliphatic rings. The van der Waals surface area contributed by atoms with Gasteiger partial charge in [0.15, 0.2) is 0 Å². The van der Waals surface area contributed by atoms with Crippen molar-refractivity contribution in [3.05, 3.63) is 61.5 Å². The number of anilines is 1. The molecule has 100 valence electrons. The van der Waals surface area contributed by atoms with Crippen molar-refractivity contribution in [1.29, 1.82) is 0 Å². The van der Waals surface area contributed by atoms with Crippen LogP contribution in [0, 0.1) is 13.8 Å². The van der Waals surface area contributed by atoms with Gasteiger partial charge in [0.05, 0.1) is 10.0 Å². The Morgan fingerprint density at radius 2 is 1.74 bits per heavy atom. The standard InChI is InChI=1S/C15H14BrCl2N/c1-9-6-12(16)7-10(2)15(9)19-8-11-4-3-5-13(17)14(11)18/h3-7,19H,8H2,1-2H3. The van der Waals surface area contributed by atoms with Crippen LogP contribution >= 0.6 is 39.1 Å². The molecule has 0 radical (unpaired) electrons. The first kappa shape index (κ1) is 14.7. The minimum Gasteiger partial charge on any atom is -0.380 e. The summed E-state index contributed by atoms with van der Waals surface area (Å²) in [7, 11) is 0. The molecule has 1 N–H and O–H groups in total.